The number of carboxylic acids is 2. The van der Waals surface area contributed by atoms with Crippen LogP contribution in [0.3, 0.4) is 0 Å². The molecule has 1 aromatic carbocycles. The minimum atomic E-state index is -1.28. The van der Waals surface area contributed by atoms with Crippen LogP contribution in [0.1, 0.15) is 20.7 Å². The van der Waals surface area contributed by atoms with Crippen molar-refractivity contribution in [3.8, 4) is 0 Å². The topological polar surface area (TPSA) is 101 Å². The summed E-state index contributed by atoms with van der Waals surface area (Å²) in [5.74, 6) is -2.55. The van der Waals surface area contributed by atoms with Gasteiger partial charge >= 0.3 is 11.9 Å². The fourth-order valence-electron chi connectivity index (χ4n) is 1.06. The highest BCUT2D eigenvalue weighted by atomic mass is 79.9. The fraction of sp³-hybridized carbons (Fsp3) is 0. The number of nitrogen functional groups attached to an aromatic ring is 1. The normalized spacial score (nSPS) is 9.59. The zero-order chi connectivity index (χ0) is 12.6. The molecule has 17 heavy (non-hydrogen) atoms. The van der Waals surface area contributed by atoms with Gasteiger partial charge in [0.2, 0.25) is 0 Å². The van der Waals surface area contributed by atoms with Gasteiger partial charge in [-0.2, -0.15) is 0 Å². The standard InChI is InChI=1S/C8H4Br3NO4.ClH/c9-3-1(7(13)14)4(10)6(12)5(11)2(3)8(15)16;/h12H2,(H,13,14)(H,15,16);1H. The van der Waals surface area contributed by atoms with E-state index >= 15 is 0 Å². The number of aromatic carboxylic acids is 2. The van der Waals surface area contributed by atoms with Crippen molar-refractivity contribution in [1.29, 1.82) is 0 Å². The minimum absolute atomic E-state index is 0. The highest BCUT2D eigenvalue weighted by Crippen LogP contribution is 2.40. The van der Waals surface area contributed by atoms with Gasteiger partial charge in [0, 0.05) is 4.47 Å². The molecule has 0 radical (unpaired) electrons. The van der Waals surface area contributed by atoms with E-state index in [1.54, 1.807) is 0 Å². The molecule has 0 aromatic heterocycles. The summed E-state index contributed by atoms with van der Waals surface area (Å²) in [5.41, 5.74) is 5.16. The second-order valence-corrected chi connectivity index (χ2v) is 5.09. The number of halogens is 4. The highest BCUT2D eigenvalue weighted by molar-refractivity contribution is 9.11. The molecule has 94 valence electrons. The van der Waals surface area contributed by atoms with Gasteiger partial charge < -0.3 is 15.9 Å². The first-order chi connectivity index (χ1) is 7.29. The van der Waals surface area contributed by atoms with Gasteiger partial charge in [0.25, 0.3) is 0 Å². The Morgan fingerprint density at radius 3 is 1.41 bits per heavy atom. The minimum Gasteiger partial charge on any atom is -0.478 e. The molecular weight excluding hydrogens is 449 g/mol. The van der Waals surface area contributed by atoms with E-state index in [2.05, 4.69) is 47.8 Å². The van der Waals surface area contributed by atoms with E-state index in [1.165, 1.54) is 0 Å². The second kappa shape index (κ2) is 6.03. The molecule has 0 atom stereocenters. The van der Waals surface area contributed by atoms with E-state index in [0.29, 0.717) is 0 Å². The number of carboxylic acid groups (broad SMARTS) is 2. The predicted molar refractivity (Wildman–Crippen MR) is 75.1 cm³/mol. The van der Waals surface area contributed by atoms with Gasteiger partial charge in [-0.05, 0) is 47.8 Å². The third kappa shape index (κ3) is 2.93. The van der Waals surface area contributed by atoms with Crippen LogP contribution in [0.2, 0.25) is 0 Å². The molecule has 0 fully saturated rings. The van der Waals surface area contributed by atoms with Crippen molar-refractivity contribution in [1.82, 2.24) is 0 Å². The van der Waals surface area contributed by atoms with E-state index in [-0.39, 0.29) is 42.6 Å². The molecular formula is C8H5Br3ClNO4. The number of rotatable bonds is 2. The zero-order valence-electron chi connectivity index (χ0n) is 7.83. The Kier molecular flexibility index (Phi) is 5.92. The second-order valence-electron chi connectivity index (χ2n) is 2.72. The number of benzene rings is 1. The van der Waals surface area contributed by atoms with Crippen molar-refractivity contribution in [2.75, 3.05) is 5.73 Å². The molecule has 0 bridgehead atoms. The van der Waals surface area contributed by atoms with Crippen LogP contribution in [0.5, 0.6) is 0 Å². The van der Waals surface area contributed by atoms with E-state index in [4.69, 9.17) is 15.9 Å². The fourth-order valence-corrected chi connectivity index (χ4v) is 3.72. The number of anilines is 1. The Labute approximate surface area is 127 Å². The summed E-state index contributed by atoms with van der Waals surface area (Å²) in [4.78, 5) is 21.9. The van der Waals surface area contributed by atoms with Gasteiger partial charge in [0.05, 0.1) is 25.8 Å². The van der Waals surface area contributed by atoms with Crippen LogP contribution in [0.4, 0.5) is 5.69 Å². The van der Waals surface area contributed by atoms with Crippen LogP contribution in [0, 0.1) is 0 Å². The number of carbonyl (C=O) groups is 2. The molecule has 0 spiro atoms. The molecule has 0 saturated carbocycles. The van der Waals surface area contributed by atoms with Gasteiger partial charge in [-0.1, -0.05) is 0 Å². The van der Waals surface area contributed by atoms with Crippen LogP contribution < -0.4 is 5.73 Å². The summed E-state index contributed by atoms with van der Waals surface area (Å²) in [5, 5.41) is 17.9. The van der Waals surface area contributed by atoms with Crippen LogP contribution in [0.15, 0.2) is 13.4 Å². The number of hydrogen-bond acceptors (Lipinski definition) is 3. The Hall–Kier alpha value is -0.310. The van der Waals surface area contributed by atoms with Gasteiger partial charge in [-0.3, -0.25) is 0 Å². The van der Waals surface area contributed by atoms with Gasteiger partial charge in [0.15, 0.2) is 0 Å². The smallest absolute Gasteiger partial charge is 0.338 e. The lowest BCUT2D eigenvalue weighted by Crippen LogP contribution is -2.10. The van der Waals surface area contributed by atoms with Crippen molar-refractivity contribution < 1.29 is 19.8 Å². The maximum Gasteiger partial charge on any atom is 0.338 e. The average Bonchev–Trinajstić information content (AvgIpc) is 2.13. The average molecular weight is 454 g/mol. The summed E-state index contributed by atoms with van der Waals surface area (Å²) < 4.78 is 0.216. The van der Waals surface area contributed by atoms with E-state index in [0.717, 1.165) is 0 Å². The van der Waals surface area contributed by atoms with E-state index in [9.17, 15) is 9.59 Å². The van der Waals surface area contributed by atoms with Crippen LogP contribution in [-0.4, -0.2) is 22.2 Å². The maximum atomic E-state index is 11.0. The molecule has 0 aliphatic heterocycles. The van der Waals surface area contributed by atoms with Gasteiger partial charge in [0.1, 0.15) is 0 Å². The summed E-state index contributed by atoms with van der Waals surface area (Å²) >= 11 is 8.95. The monoisotopic (exact) mass is 451 g/mol. The van der Waals surface area contributed by atoms with Gasteiger partial charge in [-0.25, -0.2) is 9.59 Å². The highest BCUT2D eigenvalue weighted by Gasteiger charge is 2.26. The summed E-state index contributed by atoms with van der Waals surface area (Å²) in [6.07, 6.45) is 0. The predicted octanol–water partition coefficient (Wildman–Crippen LogP) is 3.37. The van der Waals surface area contributed by atoms with Gasteiger partial charge in [-0.15, -0.1) is 12.4 Å². The van der Waals surface area contributed by atoms with Crippen molar-refractivity contribution in [3.05, 3.63) is 24.5 Å². The first-order valence-corrected chi connectivity index (χ1v) is 6.09. The lowest BCUT2D eigenvalue weighted by Gasteiger charge is -2.11. The summed E-state index contributed by atoms with van der Waals surface area (Å²) in [6, 6.07) is 0. The SMILES string of the molecule is Cl.Nc1c(Br)c(C(=O)O)c(Br)c(C(=O)O)c1Br. The largest absolute Gasteiger partial charge is 0.478 e. The van der Waals surface area contributed by atoms with E-state index < -0.39 is 11.9 Å². The Balaban J connectivity index is 0.00000256. The molecule has 0 unspecified atom stereocenters. The molecule has 0 saturated heterocycles. The van der Waals surface area contributed by atoms with Crippen LogP contribution in [0.25, 0.3) is 0 Å². The molecule has 9 heteroatoms. The van der Waals surface area contributed by atoms with Crippen LogP contribution in [-0.2, 0) is 0 Å². The molecule has 0 aliphatic carbocycles. The number of hydrogen-bond donors (Lipinski definition) is 3. The maximum absolute atomic E-state index is 11.0. The van der Waals surface area contributed by atoms with Crippen LogP contribution >= 0.6 is 60.2 Å². The quantitative estimate of drug-likeness (QED) is 0.595. The Bertz CT molecular complexity index is 465. The molecule has 0 aliphatic rings. The molecule has 0 heterocycles. The zero-order valence-corrected chi connectivity index (χ0v) is 13.4. The third-order valence-corrected chi connectivity index (χ3v) is 4.22. The van der Waals surface area contributed by atoms with Crippen molar-refractivity contribution in [2.24, 2.45) is 0 Å². The lowest BCUT2D eigenvalue weighted by atomic mass is 10.1. The Morgan fingerprint density at radius 2 is 1.18 bits per heavy atom. The van der Waals surface area contributed by atoms with Crippen molar-refractivity contribution in [3.63, 3.8) is 0 Å². The molecule has 4 N–H and O–H groups in total. The van der Waals surface area contributed by atoms with Crippen molar-refractivity contribution in [2.45, 2.75) is 0 Å². The molecule has 5 nitrogen and oxygen atoms in total. The molecule has 1 aromatic rings. The van der Waals surface area contributed by atoms with Crippen molar-refractivity contribution >= 4 is 77.8 Å². The van der Waals surface area contributed by atoms with E-state index in [1.807, 2.05) is 0 Å². The summed E-state index contributed by atoms with van der Waals surface area (Å²) in [7, 11) is 0. The molecule has 0 amide bonds. The Morgan fingerprint density at radius 1 is 0.882 bits per heavy atom. The third-order valence-electron chi connectivity index (χ3n) is 1.78. The first-order valence-electron chi connectivity index (χ1n) is 3.71. The lowest BCUT2D eigenvalue weighted by molar-refractivity contribution is 0.0695. The molecule has 1 rings (SSSR count). The first kappa shape index (κ1) is 16.7. The number of nitrogens with two attached hydrogens (primary N) is 1. The summed E-state index contributed by atoms with van der Waals surface area (Å²) in [6.45, 7) is 0.